The monoisotopic (exact) mass is 262 g/mol. The van der Waals surface area contributed by atoms with Gasteiger partial charge in [0.05, 0.1) is 11.8 Å². The zero-order valence-corrected chi connectivity index (χ0v) is 11.5. The van der Waals surface area contributed by atoms with E-state index in [0.29, 0.717) is 11.3 Å². The Hall–Kier alpha value is -1.68. The molecule has 0 unspecified atom stereocenters. The Balaban J connectivity index is 2.49. The Morgan fingerprint density at radius 2 is 2.00 bits per heavy atom. The van der Waals surface area contributed by atoms with E-state index >= 15 is 0 Å². The molecule has 0 spiro atoms. The van der Waals surface area contributed by atoms with Gasteiger partial charge in [0.2, 0.25) is 0 Å². The average molecular weight is 262 g/mol. The summed E-state index contributed by atoms with van der Waals surface area (Å²) < 4.78 is 15.8. The van der Waals surface area contributed by atoms with E-state index in [1.807, 2.05) is 19.9 Å². The first kappa shape index (κ1) is 13.7. The van der Waals surface area contributed by atoms with Gasteiger partial charge in [-0.1, -0.05) is 19.9 Å². The highest BCUT2D eigenvalue weighted by Crippen LogP contribution is 2.21. The third-order valence-corrected chi connectivity index (χ3v) is 3.24. The van der Waals surface area contributed by atoms with Crippen molar-refractivity contribution < 1.29 is 9.50 Å². The van der Waals surface area contributed by atoms with Crippen LogP contribution in [0.4, 0.5) is 4.39 Å². The van der Waals surface area contributed by atoms with Crippen molar-refractivity contribution in [1.29, 1.82) is 0 Å². The minimum absolute atomic E-state index is 0.362. The van der Waals surface area contributed by atoms with Crippen LogP contribution in [0, 0.1) is 5.82 Å². The Morgan fingerprint density at radius 3 is 2.53 bits per heavy atom. The molecule has 0 aliphatic carbocycles. The lowest BCUT2D eigenvalue weighted by Gasteiger charge is -2.10. The second kappa shape index (κ2) is 5.53. The number of hydrogen-bond donors (Lipinski definition) is 1. The number of benzene rings is 1. The van der Waals surface area contributed by atoms with E-state index in [9.17, 15) is 9.50 Å². The summed E-state index contributed by atoms with van der Waals surface area (Å²) in [6, 6.07) is 6.77. The molecule has 1 heterocycles. The van der Waals surface area contributed by atoms with Gasteiger partial charge < -0.3 is 5.11 Å². The van der Waals surface area contributed by atoms with Gasteiger partial charge in [-0.2, -0.15) is 5.10 Å². The molecule has 2 aromatic rings. The standard InChI is InChI=1S/C15H19FN2O/c1-4-12-9-13(5-2)18(17-12)15-7-6-11(10(3)19)8-14(15)16/h6-10,19H,4-5H2,1-3H3/t10-/m0/s1. The van der Waals surface area contributed by atoms with Gasteiger partial charge in [0.1, 0.15) is 11.5 Å². The van der Waals surface area contributed by atoms with Crippen molar-refractivity contribution in [3.63, 3.8) is 0 Å². The molecule has 0 fully saturated rings. The molecule has 0 saturated heterocycles. The van der Waals surface area contributed by atoms with Gasteiger partial charge in [0.15, 0.2) is 0 Å². The predicted molar refractivity (Wildman–Crippen MR) is 72.9 cm³/mol. The van der Waals surface area contributed by atoms with E-state index in [-0.39, 0.29) is 5.82 Å². The van der Waals surface area contributed by atoms with Crippen LogP contribution in [0.15, 0.2) is 24.3 Å². The number of aliphatic hydroxyl groups is 1. The molecule has 0 amide bonds. The first-order valence-corrected chi connectivity index (χ1v) is 6.62. The molecule has 3 nitrogen and oxygen atoms in total. The first-order valence-electron chi connectivity index (χ1n) is 6.62. The third kappa shape index (κ3) is 2.68. The maximum absolute atomic E-state index is 14.2. The summed E-state index contributed by atoms with van der Waals surface area (Å²) in [5.41, 5.74) is 2.94. The smallest absolute Gasteiger partial charge is 0.149 e. The van der Waals surface area contributed by atoms with Crippen LogP contribution in [0.3, 0.4) is 0 Å². The number of hydrogen-bond acceptors (Lipinski definition) is 2. The number of aromatic nitrogens is 2. The number of aliphatic hydroxyl groups excluding tert-OH is 1. The Bertz CT molecular complexity index is 576. The Labute approximate surface area is 112 Å². The zero-order chi connectivity index (χ0) is 14.0. The van der Waals surface area contributed by atoms with Gasteiger partial charge >= 0.3 is 0 Å². The van der Waals surface area contributed by atoms with Gasteiger partial charge in [0.25, 0.3) is 0 Å². The lowest BCUT2D eigenvalue weighted by atomic mass is 10.1. The molecule has 4 heteroatoms. The predicted octanol–water partition coefficient (Wildman–Crippen LogP) is 3.19. The molecule has 1 aromatic heterocycles. The van der Waals surface area contributed by atoms with Crippen LogP contribution >= 0.6 is 0 Å². The molecule has 0 aliphatic heterocycles. The lowest BCUT2D eigenvalue weighted by Crippen LogP contribution is -2.05. The fourth-order valence-electron chi connectivity index (χ4n) is 2.06. The van der Waals surface area contributed by atoms with Crippen LogP contribution in [0.25, 0.3) is 5.69 Å². The van der Waals surface area contributed by atoms with Gasteiger partial charge in [-0.05, 0) is 43.5 Å². The van der Waals surface area contributed by atoms with Gasteiger partial charge in [-0.3, -0.25) is 0 Å². The van der Waals surface area contributed by atoms with Gasteiger partial charge in [-0.15, -0.1) is 0 Å². The van der Waals surface area contributed by atoms with Crippen LogP contribution in [0.5, 0.6) is 0 Å². The maximum Gasteiger partial charge on any atom is 0.149 e. The summed E-state index contributed by atoms with van der Waals surface area (Å²) in [5, 5.41) is 13.9. The Kier molecular flexibility index (Phi) is 4.00. The van der Waals surface area contributed by atoms with Crippen molar-refractivity contribution in [1.82, 2.24) is 9.78 Å². The van der Waals surface area contributed by atoms with E-state index in [1.54, 1.807) is 23.7 Å². The molecule has 0 saturated carbocycles. The van der Waals surface area contributed by atoms with E-state index in [4.69, 9.17) is 0 Å². The highest BCUT2D eigenvalue weighted by Gasteiger charge is 2.13. The molecule has 0 bridgehead atoms. The van der Waals surface area contributed by atoms with E-state index < -0.39 is 6.10 Å². The third-order valence-electron chi connectivity index (χ3n) is 3.24. The molecular formula is C15H19FN2O. The van der Waals surface area contributed by atoms with E-state index in [1.165, 1.54) is 6.07 Å². The summed E-state index contributed by atoms with van der Waals surface area (Å²) in [6.45, 7) is 5.67. The number of nitrogens with zero attached hydrogens (tertiary/aromatic N) is 2. The fraction of sp³-hybridized carbons (Fsp3) is 0.400. The number of halogens is 1. The molecule has 1 N–H and O–H groups in total. The topological polar surface area (TPSA) is 38.0 Å². The van der Waals surface area contributed by atoms with Crippen LogP contribution in [-0.2, 0) is 12.8 Å². The molecule has 102 valence electrons. The molecule has 0 aliphatic rings. The summed E-state index contributed by atoms with van der Waals surface area (Å²) in [6.07, 6.45) is 0.954. The normalized spacial score (nSPS) is 12.7. The van der Waals surface area contributed by atoms with Crippen LogP contribution in [0.2, 0.25) is 0 Å². The van der Waals surface area contributed by atoms with Gasteiger partial charge in [-0.25, -0.2) is 9.07 Å². The second-order valence-corrected chi connectivity index (χ2v) is 4.63. The van der Waals surface area contributed by atoms with Crippen molar-refractivity contribution in [2.45, 2.75) is 39.7 Å². The highest BCUT2D eigenvalue weighted by molar-refractivity contribution is 5.38. The molecule has 1 aromatic carbocycles. The number of rotatable bonds is 4. The van der Waals surface area contributed by atoms with Crippen LogP contribution in [0.1, 0.15) is 43.8 Å². The summed E-state index contributed by atoms with van der Waals surface area (Å²) >= 11 is 0. The second-order valence-electron chi connectivity index (χ2n) is 4.63. The highest BCUT2D eigenvalue weighted by atomic mass is 19.1. The average Bonchev–Trinajstić information content (AvgIpc) is 2.81. The van der Waals surface area contributed by atoms with Crippen molar-refractivity contribution in [2.24, 2.45) is 0 Å². The quantitative estimate of drug-likeness (QED) is 0.919. The van der Waals surface area contributed by atoms with Crippen molar-refractivity contribution >= 4 is 0 Å². The van der Waals surface area contributed by atoms with E-state index in [0.717, 1.165) is 24.2 Å². The molecule has 19 heavy (non-hydrogen) atoms. The van der Waals surface area contributed by atoms with E-state index in [2.05, 4.69) is 5.10 Å². The first-order chi connectivity index (χ1) is 9.06. The Morgan fingerprint density at radius 1 is 1.26 bits per heavy atom. The molecule has 2 rings (SSSR count). The fourth-order valence-corrected chi connectivity index (χ4v) is 2.06. The summed E-state index contributed by atoms with van der Waals surface area (Å²) in [5.74, 6) is -0.362. The van der Waals surface area contributed by atoms with Crippen LogP contribution < -0.4 is 0 Å². The van der Waals surface area contributed by atoms with Crippen LogP contribution in [-0.4, -0.2) is 14.9 Å². The molecular weight excluding hydrogens is 243 g/mol. The van der Waals surface area contributed by atoms with Crippen molar-refractivity contribution in [3.8, 4) is 5.69 Å². The molecule has 1 atom stereocenters. The van der Waals surface area contributed by atoms with Crippen molar-refractivity contribution in [2.75, 3.05) is 0 Å². The maximum atomic E-state index is 14.2. The molecule has 0 radical (unpaired) electrons. The van der Waals surface area contributed by atoms with Crippen molar-refractivity contribution in [3.05, 3.63) is 47.0 Å². The largest absolute Gasteiger partial charge is 0.389 e. The van der Waals surface area contributed by atoms with Gasteiger partial charge in [0, 0.05) is 5.69 Å². The SMILES string of the molecule is CCc1cc(CC)n(-c2ccc([C@H](C)O)cc2F)n1. The minimum atomic E-state index is -0.669. The zero-order valence-electron chi connectivity index (χ0n) is 11.5. The number of aryl methyl sites for hydroxylation is 2. The summed E-state index contributed by atoms with van der Waals surface area (Å²) in [4.78, 5) is 0. The minimum Gasteiger partial charge on any atom is -0.389 e. The lowest BCUT2D eigenvalue weighted by molar-refractivity contribution is 0.199. The summed E-state index contributed by atoms with van der Waals surface area (Å²) in [7, 11) is 0.